The number of rotatable bonds is 4. The summed E-state index contributed by atoms with van der Waals surface area (Å²) in [6.07, 6.45) is 0.989. The van der Waals surface area contributed by atoms with E-state index in [-0.39, 0.29) is 5.75 Å². The number of hydrogen-bond donors (Lipinski definition) is 1. The SMILES string of the molecule is CC(C)S(=O)(=O)CC1(C(=O)O)CC1. The molecule has 1 saturated carbocycles. The summed E-state index contributed by atoms with van der Waals surface area (Å²) in [5.74, 6) is -1.18. The van der Waals surface area contributed by atoms with Gasteiger partial charge in [-0.15, -0.1) is 0 Å². The fourth-order valence-electron chi connectivity index (χ4n) is 1.12. The van der Waals surface area contributed by atoms with Crippen molar-refractivity contribution in [3.8, 4) is 0 Å². The van der Waals surface area contributed by atoms with Crippen molar-refractivity contribution in [2.75, 3.05) is 5.75 Å². The van der Waals surface area contributed by atoms with E-state index in [9.17, 15) is 13.2 Å². The average Bonchev–Trinajstić information content (AvgIpc) is 2.67. The molecule has 0 unspecified atom stereocenters. The lowest BCUT2D eigenvalue weighted by Gasteiger charge is -2.12. The zero-order valence-corrected chi connectivity index (χ0v) is 8.60. The lowest BCUT2D eigenvalue weighted by molar-refractivity contribution is -0.142. The average molecular weight is 206 g/mol. The van der Waals surface area contributed by atoms with Gasteiger partial charge in [0.2, 0.25) is 0 Å². The highest BCUT2D eigenvalue weighted by atomic mass is 32.2. The molecular weight excluding hydrogens is 192 g/mol. The molecule has 0 aromatic rings. The van der Waals surface area contributed by atoms with Crippen LogP contribution in [0.2, 0.25) is 0 Å². The Bertz CT molecular complexity index is 311. The third kappa shape index (κ3) is 2.02. The Hall–Kier alpha value is -0.580. The zero-order chi connectivity index (χ0) is 10.3. The van der Waals surface area contributed by atoms with Crippen LogP contribution in [0.3, 0.4) is 0 Å². The third-order valence-electron chi connectivity index (χ3n) is 2.50. The largest absolute Gasteiger partial charge is 0.481 e. The standard InChI is InChI=1S/C8H14O4S/c1-6(2)13(11,12)5-8(3-4-8)7(9)10/h6H,3-5H2,1-2H3,(H,9,10). The third-order valence-corrected chi connectivity index (χ3v) is 4.89. The van der Waals surface area contributed by atoms with Gasteiger partial charge in [-0.05, 0) is 26.7 Å². The van der Waals surface area contributed by atoms with Crippen LogP contribution in [0.15, 0.2) is 0 Å². The van der Waals surface area contributed by atoms with E-state index in [1.165, 1.54) is 0 Å². The molecule has 0 radical (unpaired) electrons. The highest BCUT2D eigenvalue weighted by Crippen LogP contribution is 2.47. The minimum Gasteiger partial charge on any atom is -0.481 e. The fourth-order valence-corrected chi connectivity index (χ4v) is 2.64. The zero-order valence-electron chi connectivity index (χ0n) is 7.78. The number of carboxylic acid groups (broad SMARTS) is 1. The summed E-state index contributed by atoms with van der Waals surface area (Å²) in [5, 5.41) is 8.30. The minimum absolute atomic E-state index is 0.201. The van der Waals surface area contributed by atoms with Crippen LogP contribution in [0, 0.1) is 5.41 Å². The van der Waals surface area contributed by atoms with E-state index >= 15 is 0 Å². The fraction of sp³-hybridized carbons (Fsp3) is 0.875. The number of carboxylic acids is 1. The van der Waals surface area contributed by atoms with E-state index in [4.69, 9.17) is 5.11 Å². The summed E-state index contributed by atoms with van der Waals surface area (Å²) in [4.78, 5) is 10.7. The molecule has 0 aromatic heterocycles. The van der Waals surface area contributed by atoms with Gasteiger partial charge in [-0.2, -0.15) is 0 Å². The van der Waals surface area contributed by atoms with Crippen LogP contribution >= 0.6 is 0 Å². The van der Waals surface area contributed by atoms with Gasteiger partial charge in [0.1, 0.15) is 0 Å². The summed E-state index contributed by atoms with van der Waals surface area (Å²) in [7, 11) is -3.22. The van der Waals surface area contributed by atoms with E-state index in [2.05, 4.69) is 0 Å². The van der Waals surface area contributed by atoms with Gasteiger partial charge >= 0.3 is 5.97 Å². The number of hydrogen-bond acceptors (Lipinski definition) is 3. The van der Waals surface area contributed by atoms with Crippen LogP contribution in [0.25, 0.3) is 0 Å². The molecule has 0 bridgehead atoms. The normalized spacial score (nSPS) is 20.2. The summed E-state index contributed by atoms with van der Waals surface area (Å²) < 4.78 is 22.9. The summed E-state index contributed by atoms with van der Waals surface area (Å²) in [5.41, 5.74) is -0.955. The maximum Gasteiger partial charge on any atom is 0.310 e. The second kappa shape index (κ2) is 2.97. The van der Waals surface area contributed by atoms with E-state index in [1.807, 2.05) is 0 Å². The second-order valence-corrected chi connectivity index (χ2v) is 6.50. The molecule has 1 fully saturated rings. The first-order valence-electron chi connectivity index (χ1n) is 4.25. The van der Waals surface area contributed by atoms with E-state index in [1.54, 1.807) is 13.8 Å². The van der Waals surface area contributed by atoms with Crippen LogP contribution in [0.1, 0.15) is 26.7 Å². The molecule has 13 heavy (non-hydrogen) atoms. The molecule has 0 saturated heterocycles. The monoisotopic (exact) mass is 206 g/mol. The lowest BCUT2D eigenvalue weighted by atomic mass is 10.1. The van der Waals surface area contributed by atoms with Crippen LogP contribution < -0.4 is 0 Å². The topological polar surface area (TPSA) is 71.4 Å². The van der Waals surface area contributed by atoms with Gasteiger partial charge in [0, 0.05) is 0 Å². The maximum absolute atomic E-state index is 11.4. The molecule has 1 aliphatic rings. The summed E-state index contributed by atoms with van der Waals surface area (Å²) in [6, 6.07) is 0. The van der Waals surface area contributed by atoms with Crippen molar-refractivity contribution in [2.45, 2.75) is 31.9 Å². The molecule has 0 heterocycles. The molecule has 0 amide bonds. The lowest BCUT2D eigenvalue weighted by Crippen LogP contribution is -2.29. The van der Waals surface area contributed by atoms with Gasteiger partial charge in [0.15, 0.2) is 9.84 Å². The van der Waals surface area contributed by atoms with Crippen molar-refractivity contribution in [1.29, 1.82) is 0 Å². The van der Waals surface area contributed by atoms with Crippen LogP contribution in [0.4, 0.5) is 0 Å². The van der Waals surface area contributed by atoms with Gasteiger partial charge in [-0.1, -0.05) is 0 Å². The predicted molar refractivity (Wildman–Crippen MR) is 48.2 cm³/mol. The molecule has 1 N–H and O–H groups in total. The van der Waals surface area contributed by atoms with E-state index < -0.39 is 26.5 Å². The quantitative estimate of drug-likeness (QED) is 0.734. The van der Waals surface area contributed by atoms with Crippen LogP contribution in [-0.4, -0.2) is 30.5 Å². The molecule has 1 aliphatic carbocycles. The van der Waals surface area contributed by atoms with E-state index in [0.717, 1.165) is 0 Å². The molecule has 0 aromatic carbocycles. The van der Waals surface area contributed by atoms with E-state index in [0.29, 0.717) is 12.8 Å². The Labute approximate surface area is 77.9 Å². The van der Waals surface area contributed by atoms with Gasteiger partial charge in [0.05, 0.1) is 16.4 Å². The molecule has 5 heteroatoms. The Morgan fingerprint density at radius 2 is 1.92 bits per heavy atom. The highest BCUT2D eigenvalue weighted by molar-refractivity contribution is 7.92. The smallest absolute Gasteiger partial charge is 0.310 e. The van der Waals surface area contributed by atoms with Crippen LogP contribution in [0.5, 0.6) is 0 Å². The second-order valence-electron chi connectivity index (χ2n) is 3.94. The highest BCUT2D eigenvalue weighted by Gasteiger charge is 2.53. The molecule has 0 aliphatic heterocycles. The number of sulfone groups is 1. The van der Waals surface area contributed by atoms with Gasteiger partial charge in [0.25, 0.3) is 0 Å². The number of aliphatic carboxylic acids is 1. The first kappa shape index (κ1) is 10.5. The maximum atomic E-state index is 11.4. The number of carbonyl (C=O) groups is 1. The Morgan fingerprint density at radius 3 is 2.15 bits per heavy atom. The molecule has 76 valence electrons. The van der Waals surface area contributed by atoms with Crippen molar-refractivity contribution in [2.24, 2.45) is 5.41 Å². The van der Waals surface area contributed by atoms with Crippen LogP contribution in [-0.2, 0) is 14.6 Å². The molecule has 0 spiro atoms. The molecule has 1 rings (SSSR count). The Morgan fingerprint density at radius 1 is 1.46 bits per heavy atom. The van der Waals surface area contributed by atoms with Crippen molar-refractivity contribution in [1.82, 2.24) is 0 Å². The van der Waals surface area contributed by atoms with Crippen molar-refractivity contribution < 1.29 is 18.3 Å². The van der Waals surface area contributed by atoms with Gasteiger partial charge < -0.3 is 5.11 Å². The van der Waals surface area contributed by atoms with Crippen molar-refractivity contribution in [3.05, 3.63) is 0 Å². The molecule has 0 atom stereocenters. The Balaban J connectivity index is 2.75. The van der Waals surface area contributed by atoms with Crippen molar-refractivity contribution in [3.63, 3.8) is 0 Å². The van der Waals surface area contributed by atoms with Crippen molar-refractivity contribution >= 4 is 15.8 Å². The molecule has 4 nitrogen and oxygen atoms in total. The predicted octanol–water partition coefficient (Wildman–Crippen LogP) is 0.674. The van der Waals surface area contributed by atoms with Gasteiger partial charge in [-0.25, -0.2) is 8.42 Å². The molecular formula is C8H14O4S. The summed E-state index contributed by atoms with van der Waals surface area (Å²) >= 11 is 0. The Kier molecular flexibility index (Phi) is 2.40. The van der Waals surface area contributed by atoms with Gasteiger partial charge in [-0.3, -0.25) is 4.79 Å². The minimum atomic E-state index is -3.22. The summed E-state index contributed by atoms with van der Waals surface area (Å²) in [6.45, 7) is 3.15. The first-order chi connectivity index (χ1) is 5.80. The first-order valence-corrected chi connectivity index (χ1v) is 5.97.